The van der Waals surface area contributed by atoms with Crippen molar-refractivity contribution in [2.24, 2.45) is 5.92 Å². The van der Waals surface area contributed by atoms with Gasteiger partial charge in [-0.1, -0.05) is 0 Å². The lowest BCUT2D eigenvalue weighted by atomic mass is 9.91. The SMILES string of the molecule is COCCN(CC(NC(C)C)(C(=O)OC)C1CC1)C1CC1. The molecule has 1 atom stereocenters. The molecule has 0 aromatic heterocycles. The Bertz CT molecular complexity index is 353. The zero-order valence-corrected chi connectivity index (χ0v) is 13.9. The molecule has 0 bridgehead atoms. The minimum Gasteiger partial charge on any atom is -0.468 e. The third-order valence-electron chi connectivity index (χ3n) is 4.47. The Labute approximate surface area is 128 Å². The number of rotatable bonds is 10. The van der Waals surface area contributed by atoms with Crippen LogP contribution in [0.5, 0.6) is 0 Å². The molecule has 2 aliphatic rings. The summed E-state index contributed by atoms with van der Waals surface area (Å²) in [6.07, 6.45) is 4.68. The Morgan fingerprint density at radius 3 is 2.38 bits per heavy atom. The van der Waals surface area contributed by atoms with Crippen LogP contribution in [0.4, 0.5) is 0 Å². The fraction of sp³-hybridized carbons (Fsp3) is 0.938. The van der Waals surface area contributed by atoms with Crippen LogP contribution in [0, 0.1) is 5.92 Å². The van der Waals surface area contributed by atoms with E-state index in [4.69, 9.17) is 9.47 Å². The molecule has 0 aromatic rings. The van der Waals surface area contributed by atoms with Crippen molar-refractivity contribution in [2.45, 2.75) is 57.2 Å². The molecule has 0 heterocycles. The number of carbonyl (C=O) groups excluding carboxylic acids is 1. The van der Waals surface area contributed by atoms with Gasteiger partial charge in [-0.05, 0) is 45.4 Å². The Morgan fingerprint density at radius 1 is 1.29 bits per heavy atom. The van der Waals surface area contributed by atoms with E-state index < -0.39 is 5.54 Å². The van der Waals surface area contributed by atoms with Crippen LogP contribution in [0.15, 0.2) is 0 Å². The molecule has 122 valence electrons. The smallest absolute Gasteiger partial charge is 0.327 e. The van der Waals surface area contributed by atoms with Gasteiger partial charge in [0.05, 0.1) is 13.7 Å². The lowest BCUT2D eigenvalue weighted by Crippen LogP contribution is -2.63. The van der Waals surface area contributed by atoms with Gasteiger partial charge in [0, 0.05) is 32.3 Å². The summed E-state index contributed by atoms with van der Waals surface area (Å²) in [6.45, 7) is 6.51. The predicted molar refractivity (Wildman–Crippen MR) is 82.2 cm³/mol. The third-order valence-corrected chi connectivity index (χ3v) is 4.47. The van der Waals surface area contributed by atoms with Crippen molar-refractivity contribution in [3.63, 3.8) is 0 Å². The van der Waals surface area contributed by atoms with Gasteiger partial charge in [0.1, 0.15) is 5.54 Å². The first-order valence-corrected chi connectivity index (χ1v) is 8.12. The second-order valence-electron chi connectivity index (χ2n) is 6.73. The highest BCUT2D eigenvalue weighted by Crippen LogP contribution is 2.42. The van der Waals surface area contributed by atoms with Crippen molar-refractivity contribution >= 4 is 5.97 Å². The van der Waals surface area contributed by atoms with E-state index in [-0.39, 0.29) is 12.0 Å². The molecule has 0 spiro atoms. The number of hydrogen-bond acceptors (Lipinski definition) is 5. The van der Waals surface area contributed by atoms with E-state index in [1.807, 2.05) is 0 Å². The first-order chi connectivity index (χ1) is 10.0. The van der Waals surface area contributed by atoms with Crippen molar-refractivity contribution in [3.05, 3.63) is 0 Å². The molecule has 0 aromatic carbocycles. The number of nitrogens with one attached hydrogen (secondary N) is 1. The van der Waals surface area contributed by atoms with E-state index in [1.165, 1.54) is 20.0 Å². The lowest BCUT2D eigenvalue weighted by molar-refractivity contribution is -0.151. The first kappa shape index (κ1) is 16.7. The van der Waals surface area contributed by atoms with Crippen molar-refractivity contribution in [1.29, 1.82) is 0 Å². The largest absolute Gasteiger partial charge is 0.468 e. The molecule has 2 aliphatic carbocycles. The van der Waals surface area contributed by atoms with Gasteiger partial charge in [-0.2, -0.15) is 0 Å². The quantitative estimate of drug-likeness (QED) is 0.618. The number of ether oxygens (including phenoxy) is 2. The first-order valence-electron chi connectivity index (χ1n) is 8.12. The second-order valence-corrected chi connectivity index (χ2v) is 6.73. The highest BCUT2D eigenvalue weighted by atomic mass is 16.5. The third kappa shape index (κ3) is 4.18. The molecule has 2 rings (SSSR count). The fourth-order valence-corrected chi connectivity index (χ4v) is 3.22. The zero-order chi connectivity index (χ0) is 15.5. The van der Waals surface area contributed by atoms with Gasteiger partial charge in [-0.15, -0.1) is 0 Å². The normalized spacial score (nSPS) is 21.6. The van der Waals surface area contributed by atoms with Crippen molar-refractivity contribution in [3.8, 4) is 0 Å². The molecule has 0 aliphatic heterocycles. The topological polar surface area (TPSA) is 50.8 Å². The number of nitrogens with zero attached hydrogens (tertiary/aromatic N) is 1. The van der Waals surface area contributed by atoms with Gasteiger partial charge in [0.15, 0.2) is 0 Å². The fourth-order valence-electron chi connectivity index (χ4n) is 3.22. The van der Waals surface area contributed by atoms with E-state index in [9.17, 15) is 4.79 Å². The van der Waals surface area contributed by atoms with Gasteiger partial charge < -0.3 is 9.47 Å². The second kappa shape index (κ2) is 7.07. The Kier molecular flexibility index (Phi) is 5.63. The van der Waals surface area contributed by atoms with E-state index in [2.05, 4.69) is 24.1 Å². The average molecular weight is 298 g/mol. The van der Waals surface area contributed by atoms with Crippen molar-refractivity contribution < 1.29 is 14.3 Å². The van der Waals surface area contributed by atoms with Gasteiger partial charge in [0.2, 0.25) is 0 Å². The Balaban J connectivity index is 2.14. The lowest BCUT2D eigenvalue weighted by Gasteiger charge is -2.38. The van der Waals surface area contributed by atoms with Crippen LogP contribution in [0.3, 0.4) is 0 Å². The van der Waals surface area contributed by atoms with Gasteiger partial charge >= 0.3 is 5.97 Å². The molecule has 5 heteroatoms. The minimum atomic E-state index is -0.556. The molecule has 1 N–H and O–H groups in total. The monoisotopic (exact) mass is 298 g/mol. The van der Waals surface area contributed by atoms with Gasteiger partial charge in [-0.25, -0.2) is 4.79 Å². The number of hydrogen-bond donors (Lipinski definition) is 1. The maximum Gasteiger partial charge on any atom is 0.327 e. The summed E-state index contributed by atoms with van der Waals surface area (Å²) in [6, 6.07) is 0.866. The van der Waals surface area contributed by atoms with Crippen molar-refractivity contribution in [1.82, 2.24) is 10.2 Å². The molecule has 5 nitrogen and oxygen atoms in total. The molecule has 2 saturated carbocycles. The van der Waals surface area contributed by atoms with E-state index in [0.29, 0.717) is 18.6 Å². The highest BCUT2D eigenvalue weighted by molar-refractivity contribution is 5.82. The molecule has 2 fully saturated rings. The maximum atomic E-state index is 12.6. The molecule has 0 saturated heterocycles. The summed E-state index contributed by atoms with van der Waals surface area (Å²) in [7, 11) is 3.23. The molecule has 0 amide bonds. The molecule has 21 heavy (non-hydrogen) atoms. The maximum absolute atomic E-state index is 12.6. The van der Waals surface area contributed by atoms with E-state index >= 15 is 0 Å². The molecular formula is C16H30N2O3. The summed E-state index contributed by atoms with van der Waals surface area (Å²) in [5, 5.41) is 3.54. The summed E-state index contributed by atoms with van der Waals surface area (Å²) in [5.74, 6) is 0.290. The minimum absolute atomic E-state index is 0.109. The summed E-state index contributed by atoms with van der Waals surface area (Å²) < 4.78 is 10.4. The summed E-state index contributed by atoms with van der Waals surface area (Å²) >= 11 is 0. The van der Waals surface area contributed by atoms with Crippen molar-refractivity contribution in [2.75, 3.05) is 33.9 Å². The van der Waals surface area contributed by atoms with E-state index in [0.717, 1.165) is 25.9 Å². The van der Waals surface area contributed by atoms with E-state index in [1.54, 1.807) is 7.11 Å². The zero-order valence-electron chi connectivity index (χ0n) is 13.9. The average Bonchev–Trinajstić information content (AvgIpc) is 3.30. The molecular weight excluding hydrogens is 268 g/mol. The molecule has 0 radical (unpaired) electrons. The van der Waals surface area contributed by atoms with Crippen LogP contribution in [-0.4, -0.2) is 62.4 Å². The predicted octanol–water partition coefficient (Wildman–Crippen LogP) is 1.42. The summed E-state index contributed by atoms with van der Waals surface area (Å²) in [5.41, 5.74) is -0.556. The highest BCUT2D eigenvalue weighted by Gasteiger charge is 2.53. The number of carbonyl (C=O) groups is 1. The van der Waals surface area contributed by atoms with Crippen LogP contribution < -0.4 is 5.32 Å². The van der Waals surface area contributed by atoms with Crippen LogP contribution >= 0.6 is 0 Å². The van der Waals surface area contributed by atoms with Crippen LogP contribution in [0.25, 0.3) is 0 Å². The Hall–Kier alpha value is -0.650. The Morgan fingerprint density at radius 2 is 1.95 bits per heavy atom. The number of esters is 1. The summed E-state index contributed by atoms with van der Waals surface area (Å²) in [4.78, 5) is 15.0. The van der Waals surface area contributed by atoms with Crippen LogP contribution in [-0.2, 0) is 14.3 Å². The molecule has 1 unspecified atom stereocenters. The van der Waals surface area contributed by atoms with Gasteiger partial charge in [-0.3, -0.25) is 10.2 Å². The van der Waals surface area contributed by atoms with Crippen LogP contribution in [0.2, 0.25) is 0 Å². The van der Waals surface area contributed by atoms with Gasteiger partial charge in [0.25, 0.3) is 0 Å². The van der Waals surface area contributed by atoms with Crippen LogP contribution in [0.1, 0.15) is 39.5 Å². The standard InChI is InChI=1S/C16H30N2O3/c1-12(2)17-16(13-5-6-13,15(19)21-4)11-18(9-10-20-3)14-7-8-14/h12-14,17H,5-11H2,1-4H3. The number of methoxy groups -OCH3 is 2.